The number of fused-ring (bicyclic) bond motifs is 3. The minimum Gasteiger partial charge on any atom is -0.449 e. The zero-order valence-electron chi connectivity index (χ0n) is 22.8. The molecule has 1 amide bonds. The third-order valence-electron chi connectivity index (χ3n) is 7.36. The Bertz CT molecular complexity index is 1840. The Hall–Kier alpha value is -4.90. The molecule has 0 radical (unpaired) electrons. The van der Waals surface area contributed by atoms with Crippen molar-refractivity contribution in [1.29, 1.82) is 5.26 Å². The molecule has 0 unspecified atom stereocenters. The molecule has 0 saturated carbocycles. The summed E-state index contributed by atoms with van der Waals surface area (Å²) in [5.74, 6) is -0.0515. The molecule has 5 aromatic rings. The Kier molecular flexibility index (Phi) is 8.23. The number of amides is 1. The number of halogens is 1. The predicted octanol–water partition coefficient (Wildman–Crippen LogP) is 8.28. The van der Waals surface area contributed by atoms with E-state index in [2.05, 4.69) is 40.6 Å². The fourth-order valence-electron chi connectivity index (χ4n) is 5.29. The van der Waals surface area contributed by atoms with Crippen LogP contribution in [0, 0.1) is 11.3 Å². The molecule has 1 N–H and O–H groups in total. The number of pyridine rings is 1. The first kappa shape index (κ1) is 28.2. The molecular formula is C35H24ClN3O3S. The van der Waals surface area contributed by atoms with Gasteiger partial charge < -0.3 is 10.1 Å². The highest BCUT2D eigenvalue weighted by Crippen LogP contribution is 2.44. The van der Waals surface area contributed by atoms with E-state index in [1.807, 2.05) is 48.5 Å². The monoisotopic (exact) mass is 601 g/mol. The molecule has 1 aliphatic carbocycles. The zero-order chi connectivity index (χ0) is 29.8. The predicted molar refractivity (Wildman–Crippen MR) is 167 cm³/mol. The van der Waals surface area contributed by atoms with Crippen LogP contribution < -0.4 is 5.32 Å². The van der Waals surface area contributed by atoms with Gasteiger partial charge in [-0.05, 0) is 75.3 Å². The second-order valence-electron chi connectivity index (χ2n) is 9.93. The number of nitrogens with one attached hydrogen (secondary N) is 1. The van der Waals surface area contributed by atoms with Crippen molar-refractivity contribution in [3.8, 4) is 28.3 Å². The fraction of sp³-hybridized carbons (Fsp3) is 0.0857. The molecular weight excluding hydrogens is 578 g/mol. The number of aromatic nitrogens is 1. The topological polar surface area (TPSA) is 92.1 Å². The second-order valence-corrected chi connectivity index (χ2v) is 11.3. The average Bonchev–Trinajstić information content (AvgIpc) is 3.37. The van der Waals surface area contributed by atoms with Crippen molar-refractivity contribution in [2.24, 2.45) is 0 Å². The minimum atomic E-state index is -0.552. The highest BCUT2D eigenvalue weighted by molar-refractivity contribution is 7.99. The Morgan fingerprint density at radius 1 is 0.953 bits per heavy atom. The summed E-state index contributed by atoms with van der Waals surface area (Å²) in [6, 6.07) is 32.8. The number of alkyl carbamates (subject to hydrolysis) is 1. The van der Waals surface area contributed by atoms with Crippen LogP contribution in [0.1, 0.15) is 38.5 Å². The van der Waals surface area contributed by atoms with Crippen molar-refractivity contribution in [3.05, 3.63) is 136 Å². The van der Waals surface area contributed by atoms with Crippen LogP contribution in [0.5, 0.6) is 0 Å². The highest BCUT2D eigenvalue weighted by Gasteiger charge is 2.29. The molecule has 1 heterocycles. The van der Waals surface area contributed by atoms with Gasteiger partial charge in [0.05, 0.1) is 16.7 Å². The summed E-state index contributed by atoms with van der Waals surface area (Å²) < 4.78 is 5.75. The van der Waals surface area contributed by atoms with E-state index in [9.17, 15) is 14.9 Å². The van der Waals surface area contributed by atoms with Crippen LogP contribution in [0.25, 0.3) is 22.3 Å². The van der Waals surface area contributed by atoms with Crippen molar-refractivity contribution < 1.29 is 14.3 Å². The molecule has 0 saturated heterocycles. The van der Waals surface area contributed by atoms with Crippen LogP contribution in [0.3, 0.4) is 0 Å². The van der Waals surface area contributed by atoms with Gasteiger partial charge >= 0.3 is 6.09 Å². The van der Waals surface area contributed by atoms with Gasteiger partial charge in [-0.15, -0.1) is 0 Å². The normalized spacial score (nSPS) is 11.7. The van der Waals surface area contributed by atoms with E-state index in [4.69, 9.17) is 16.3 Å². The lowest BCUT2D eigenvalue weighted by Gasteiger charge is -2.17. The number of ether oxygens (including phenoxy) is 1. The average molecular weight is 602 g/mol. The molecule has 1 aromatic heterocycles. The number of hydrogen-bond donors (Lipinski definition) is 1. The molecule has 0 aliphatic heterocycles. The minimum absolute atomic E-state index is 0.0515. The van der Waals surface area contributed by atoms with Crippen molar-refractivity contribution in [2.75, 3.05) is 6.61 Å². The van der Waals surface area contributed by atoms with Gasteiger partial charge in [-0.3, -0.25) is 4.79 Å². The van der Waals surface area contributed by atoms with E-state index in [1.54, 1.807) is 30.5 Å². The number of nitrogens with zero attached hydrogens (tertiary/aromatic N) is 2. The lowest BCUT2D eigenvalue weighted by atomic mass is 9.98. The number of rotatable bonds is 8. The molecule has 4 aromatic carbocycles. The maximum absolute atomic E-state index is 13.0. The standard InChI is InChI=1S/C35H24ClN3O3S/c36-32-17-25(23-13-11-22(18-37)12-14-23)16-26(33(32)43-34-24(20-40)6-5-15-38-34)19-39-35(41)42-21-31-29-9-3-1-7-27(29)28-8-2-4-10-30(28)31/h1-17,20,31H,19,21H2,(H,39,41). The van der Waals surface area contributed by atoms with E-state index >= 15 is 0 Å². The zero-order valence-corrected chi connectivity index (χ0v) is 24.4. The maximum atomic E-state index is 13.0. The first-order valence-electron chi connectivity index (χ1n) is 13.6. The van der Waals surface area contributed by atoms with E-state index in [-0.39, 0.29) is 19.1 Å². The van der Waals surface area contributed by atoms with Crippen LogP contribution in [-0.2, 0) is 11.3 Å². The Balaban J connectivity index is 1.24. The van der Waals surface area contributed by atoms with Gasteiger partial charge in [-0.2, -0.15) is 5.26 Å². The largest absolute Gasteiger partial charge is 0.449 e. The van der Waals surface area contributed by atoms with Crippen LogP contribution >= 0.6 is 23.4 Å². The van der Waals surface area contributed by atoms with Gasteiger partial charge in [0, 0.05) is 29.1 Å². The van der Waals surface area contributed by atoms with E-state index < -0.39 is 6.09 Å². The number of aldehydes is 1. The number of nitriles is 1. The van der Waals surface area contributed by atoms with Gasteiger partial charge in [0.1, 0.15) is 11.6 Å². The second kappa shape index (κ2) is 12.5. The van der Waals surface area contributed by atoms with Crippen molar-refractivity contribution in [2.45, 2.75) is 22.4 Å². The molecule has 6 rings (SSSR count). The van der Waals surface area contributed by atoms with Gasteiger partial charge in [-0.1, -0.05) is 84.0 Å². The van der Waals surface area contributed by atoms with E-state index in [1.165, 1.54) is 11.8 Å². The van der Waals surface area contributed by atoms with Crippen molar-refractivity contribution in [1.82, 2.24) is 10.3 Å². The SMILES string of the molecule is N#Cc1ccc(-c2cc(Cl)c(Sc3ncccc3C=O)c(CNC(=O)OCC3c4ccccc4-c4ccccc43)c2)cc1. The van der Waals surface area contributed by atoms with Crippen molar-refractivity contribution >= 4 is 35.7 Å². The molecule has 1 aliphatic rings. The van der Waals surface area contributed by atoms with Crippen molar-refractivity contribution in [3.63, 3.8) is 0 Å². The molecule has 6 nitrogen and oxygen atoms in total. The molecule has 0 atom stereocenters. The van der Waals surface area contributed by atoms with Crippen LogP contribution in [0.15, 0.2) is 113 Å². The number of hydrogen-bond acceptors (Lipinski definition) is 6. The van der Waals surface area contributed by atoms with Crippen LogP contribution in [-0.4, -0.2) is 24.0 Å². The summed E-state index contributed by atoms with van der Waals surface area (Å²) in [6.07, 6.45) is 1.82. The first-order chi connectivity index (χ1) is 21.1. The Morgan fingerprint density at radius 2 is 1.65 bits per heavy atom. The smallest absolute Gasteiger partial charge is 0.407 e. The summed E-state index contributed by atoms with van der Waals surface area (Å²) in [4.78, 5) is 29.7. The lowest BCUT2D eigenvalue weighted by Crippen LogP contribution is -2.26. The molecule has 0 bridgehead atoms. The quantitative estimate of drug-likeness (QED) is 0.180. The first-order valence-corrected chi connectivity index (χ1v) is 14.7. The number of benzene rings is 4. The summed E-state index contributed by atoms with van der Waals surface area (Å²) in [7, 11) is 0. The summed E-state index contributed by atoms with van der Waals surface area (Å²) >= 11 is 8.08. The van der Waals surface area contributed by atoms with Crippen LogP contribution in [0.2, 0.25) is 5.02 Å². The molecule has 210 valence electrons. The number of carbonyl (C=O) groups excluding carboxylic acids is 2. The molecule has 43 heavy (non-hydrogen) atoms. The van der Waals surface area contributed by atoms with Crippen LogP contribution in [0.4, 0.5) is 4.79 Å². The highest BCUT2D eigenvalue weighted by atomic mass is 35.5. The lowest BCUT2D eigenvalue weighted by molar-refractivity contribution is 0.112. The van der Waals surface area contributed by atoms with Gasteiger partial charge in [0.15, 0.2) is 6.29 Å². The summed E-state index contributed by atoms with van der Waals surface area (Å²) in [5, 5.41) is 13.0. The van der Waals surface area contributed by atoms with Gasteiger partial charge in [0.2, 0.25) is 0 Å². The third kappa shape index (κ3) is 5.89. The third-order valence-corrected chi connectivity index (χ3v) is 8.99. The van der Waals surface area contributed by atoms with E-state index in [0.29, 0.717) is 26.1 Å². The Labute approximate surface area is 258 Å². The summed E-state index contributed by atoms with van der Waals surface area (Å²) in [6.45, 7) is 0.330. The number of carbonyl (C=O) groups is 2. The molecule has 0 spiro atoms. The summed E-state index contributed by atoms with van der Waals surface area (Å²) in [5.41, 5.74) is 8.00. The fourth-order valence-corrected chi connectivity index (χ4v) is 6.61. The van der Waals surface area contributed by atoms with Gasteiger partial charge in [0.25, 0.3) is 0 Å². The Morgan fingerprint density at radius 3 is 2.33 bits per heavy atom. The van der Waals surface area contributed by atoms with Gasteiger partial charge in [-0.25, -0.2) is 9.78 Å². The molecule has 0 fully saturated rings. The van der Waals surface area contributed by atoms with E-state index in [0.717, 1.165) is 45.2 Å². The maximum Gasteiger partial charge on any atom is 0.407 e. The molecule has 8 heteroatoms.